The third kappa shape index (κ3) is 2.33. The van der Waals surface area contributed by atoms with Gasteiger partial charge in [0.05, 0.1) is 19.1 Å². The number of rotatable bonds is 2. The Balaban J connectivity index is 1.77. The number of nitrogens with zero attached hydrogens (tertiary/aromatic N) is 1. The Labute approximate surface area is 142 Å². The van der Waals surface area contributed by atoms with Crippen LogP contribution in [0, 0.1) is 5.92 Å². The molecule has 2 heterocycles. The van der Waals surface area contributed by atoms with Gasteiger partial charge < -0.3 is 9.84 Å². The monoisotopic (exact) mass is 325 g/mol. The molecule has 0 aliphatic carbocycles. The number of methoxy groups -OCH3 is 1. The number of hydrogen-bond acceptors (Lipinski definition) is 4. The molecule has 2 bridgehead atoms. The molecular weight excluding hydrogens is 302 g/mol. The smallest absolute Gasteiger partial charge is 0.310 e. The normalized spacial score (nSPS) is 32.9. The second kappa shape index (κ2) is 5.87. The zero-order chi connectivity index (χ0) is 16.8. The summed E-state index contributed by atoms with van der Waals surface area (Å²) >= 11 is 0. The van der Waals surface area contributed by atoms with Gasteiger partial charge in [-0.3, -0.25) is 9.69 Å². The molecule has 0 radical (unpaired) electrons. The fourth-order valence-corrected chi connectivity index (χ4v) is 4.73. The van der Waals surface area contributed by atoms with Gasteiger partial charge in [0.15, 0.2) is 0 Å². The van der Waals surface area contributed by atoms with Crippen molar-refractivity contribution in [2.24, 2.45) is 5.92 Å². The molecule has 2 aliphatic heterocycles. The van der Waals surface area contributed by atoms with Crippen LogP contribution in [0.4, 0.5) is 0 Å². The number of aliphatic hydroxyl groups excluding tert-OH is 1. The van der Waals surface area contributed by atoms with Crippen molar-refractivity contribution in [1.29, 1.82) is 0 Å². The summed E-state index contributed by atoms with van der Waals surface area (Å²) in [5.41, 5.74) is 1.17. The molecule has 24 heavy (non-hydrogen) atoms. The predicted molar refractivity (Wildman–Crippen MR) is 92.8 cm³/mol. The largest absolute Gasteiger partial charge is 0.469 e. The molecule has 126 valence electrons. The summed E-state index contributed by atoms with van der Waals surface area (Å²) < 4.78 is 5.12. The fraction of sp³-hybridized carbons (Fsp3) is 0.450. The lowest BCUT2D eigenvalue weighted by atomic mass is 9.76. The molecule has 0 aromatic heterocycles. The number of aliphatic hydroxyl groups is 1. The van der Waals surface area contributed by atoms with E-state index in [0.717, 1.165) is 6.42 Å². The highest BCUT2D eigenvalue weighted by Crippen LogP contribution is 2.47. The van der Waals surface area contributed by atoms with E-state index in [4.69, 9.17) is 4.74 Å². The van der Waals surface area contributed by atoms with E-state index >= 15 is 0 Å². The Hall–Kier alpha value is -1.91. The minimum atomic E-state index is -0.363. The van der Waals surface area contributed by atoms with Crippen LogP contribution in [0.3, 0.4) is 0 Å². The number of piperidine rings is 1. The van der Waals surface area contributed by atoms with Crippen LogP contribution in [0.5, 0.6) is 0 Å². The molecular formula is C20H23NO3. The Morgan fingerprint density at radius 2 is 1.88 bits per heavy atom. The summed E-state index contributed by atoms with van der Waals surface area (Å²) in [6.07, 6.45) is 1.06. The molecule has 0 amide bonds. The van der Waals surface area contributed by atoms with Crippen molar-refractivity contribution in [3.05, 3.63) is 48.0 Å². The lowest BCUT2D eigenvalue weighted by Gasteiger charge is -2.41. The minimum absolute atomic E-state index is 0.0441. The van der Waals surface area contributed by atoms with E-state index in [2.05, 4.69) is 35.2 Å². The predicted octanol–water partition coefficient (Wildman–Crippen LogP) is 2.55. The average Bonchev–Trinajstić information content (AvgIpc) is 2.79. The maximum Gasteiger partial charge on any atom is 0.310 e. The van der Waals surface area contributed by atoms with Crippen LogP contribution in [0.2, 0.25) is 0 Å². The first-order valence-electron chi connectivity index (χ1n) is 8.56. The summed E-state index contributed by atoms with van der Waals surface area (Å²) in [5.74, 6) is -0.308. The van der Waals surface area contributed by atoms with Gasteiger partial charge in [0.2, 0.25) is 0 Å². The Bertz CT molecular complexity index is 774. The first-order valence-corrected chi connectivity index (χ1v) is 8.56. The van der Waals surface area contributed by atoms with Gasteiger partial charge in [-0.2, -0.15) is 0 Å². The van der Waals surface area contributed by atoms with Crippen LogP contribution < -0.4 is 0 Å². The number of likely N-dealkylation sites (N-methyl/N-ethyl adjacent to an activating group) is 1. The van der Waals surface area contributed by atoms with E-state index < -0.39 is 0 Å². The standard InChI is InChI=1S/C20H23NO3/c1-21-16-10-15(19(20(23)24-2)17(21)11-18(16)22)14-8-7-12-5-3-4-6-13(12)9-14/h3-9,15-19,22H,10-11H2,1-2H3. The first-order chi connectivity index (χ1) is 11.6. The fourth-order valence-electron chi connectivity index (χ4n) is 4.73. The Morgan fingerprint density at radius 1 is 1.12 bits per heavy atom. The molecule has 2 fully saturated rings. The van der Waals surface area contributed by atoms with E-state index in [9.17, 15) is 9.90 Å². The van der Waals surface area contributed by atoms with Gasteiger partial charge in [-0.15, -0.1) is 0 Å². The van der Waals surface area contributed by atoms with Gasteiger partial charge in [-0.25, -0.2) is 0 Å². The number of carbonyl (C=O) groups excluding carboxylic acids is 1. The van der Waals surface area contributed by atoms with Crippen molar-refractivity contribution < 1.29 is 14.6 Å². The van der Waals surface area contributed by atoms with Crippen molar-refractivity contribution in [2.45, 2.75) is 36.9 Å². The zero-order valence-corrected chi connectivity index (χ0v) is 14.1. The average molecular weight is 325 g/mol. The van der Waals surface area contributed by atoms with Crippen LogP contribution in [-0.2, 0) is 9.53 Å². The number of carbonyl (C=O) groups is 1. The lowest BCUT2D eigenvalue weighted by Crippen LogP contribution is -2.49. The molecule has 0 spiro atoms. The maximum absolute atomic E-state index is 12.5. The molecule has 5 atom stereocenters. The topological polar surface area (TPSA) is 49.8 Å². The molecule has 2 aromatic carbocycles. The molecule has 5 unspecified atom stereocenters. The van der Waals surface area contributed by atoms with E-state index in [0.29, 0.717) is 6.42 Å². The van der Waals surface area contributed by atoms with Gasteiger partial charge in [-0.05, 0) is 36.2 Å². The highest BCUT2D eigenvalue weighted by Gasteiger charge is 2.53. The van der Waals surface area contributed by atoms with Crippen LogP contribution >= 0.6 is 0 Å². The minimum Gasteiger partial charge on any atom is -0.469 e. The molecule has 2 aromatic rings. The second-order valence-electron chi connectivity index (χ2n) is 7.10. The van der Waals surface area contributed by atoms with Gasteiger partial charge in [0, 0.05) is 18.0 Å². The Kier molecular flexibility index (Phi) is 3.82. The van der Waals surface area contributed by atoms with Gasteiger partial charge >= 0.3 is 5.97 Å². The highest BCUT2D eigenvalue weighted by atomic mass is 16.5. The quantitative estimate of drug-likeness (QED) is 0.862. The van der Waals surface area contributed by atoms with Crippen LogP contribution in [0.25, 0.3) is 10.8 Å². The summed E-state index contributed by atoms with van der Waals surface area (Å²) in [4.78, 5) is 14.7. The van der Waals surface area contributed by atoms with E-state index in [1.165, 1.54) is 23.4 Å². The van der Waals surface area contributed by atoms with Gasteiger partial charge in [0.25, 0.3) is 0 Å². The Morgan fingerprint density at radius 3 is 2.62 bits per heavy atom. The van der Waals surface area contributed by atoms with E-state index in [-0.39, 0.29) is 36.0 Å². The first kappa shape index (κ1) is 15.6. The molecule has 1 N–H and O–H groups in total. The van der Waals surface area contributed by atoms with Crippen LogP contribution in [0.15, 0.2) is 42.5 Å². The molecule has 4 heteroatoms. The lowest BCUT2D eigenvalue weighted by molar-refractivity contribution is -0.150. The summed E-state index contributed by atoms with van der Waals surface area (Å²) in [5, 5.41) is 12.8. The molecule has 2 saturated heterocycles. The summed E-state index contributed by atoms with van der Waals surface area (Å²) in [6.45, 7) is 0. The van der Waals surface area contributed by atoms with Gasteiger partial charge in [-0.1, -0.05) is 42.5 Å². The van der Waals surface area contributed by atoms with Crippen molar-refractivity contribution in [3.8, 4) is 0 Å². The maximum atomic E-state index is 12.5. The number of hydrogen-bond donors (Lipinski definition) is 1. The highest BCUT2D eigenvalue weighted by molar-refractivity contribution is 5.83. The summed E-state index contributed by atoms with van der Waals surface area (Å²) in [6, 6.07) is 14.9. The number of ether oxygens (including phenoxy) is 1. The molecule has 4 rings (SSSR count). The molecule has 0 saturated carbocycles. The van der Waals surface area contributed by atoms with Crippen molar-refractivity contribution in [2.75, 3.05) is 14.2 Å². The van der Waals surface area contributed by atoms with Gasteiger partial charge in [0.1, 0.15) is 0 Å². The second-order valence-corrected chi connectivity index (χ2v) is 7.10. The van der Waals surface area contributed by atoms with Crippen molar-refractivity contribution in [3.63, 3.8) is 0 Å². The van der Waals surface area contributed by atoms with E-state index in [1.807, 2.05) is 19.2 Å². The zero-order valence-electron chi connectivity index (χ0n) is 14.1. The number of benzene rings is 2. The van der Waals surface area contributed by atoms with E-state index in [1.54, 1.807) is 0 Å². The third-order valence-corrected chi connectivity index (χ3v) is 5.99. The van der Waals surface area contributed by atoms with Crippen LogP contribution in [-0.4, -0.2) is 48.3 Å². The SMILES string of the molecule is COC(=O)C1C(c2ccc3ccccc3c2)CC2C(O)CC1N2C. The third-order valence-electron chi connectivity index (χ3n) is 5.99. The molecule has 2 aliphatic rings. The van der Waals surface area contributed by atoms with Crippen molar-refractivity contribution in [1.82, 2.24) is 4.90 Å². The van der Waals surface area contributed by atoms with Crippen molar-refractivity contribution >= 4 is 16.7 Å². The number of esters is 1. The van der Waals surface area contributed by atoms with Crippen LogP contribution in [0.1, 0.15) is 24.3 Å². The number of fused-ring (bicyclic) bond motifs is 3. The molecule has 4 nitrogen and oxygen atoms in total. The summed E-state index contributed by atoms with van der Waals surface area (Å²) in [7, 11) is 3.47.